The molecule has 0 aromatic heterocycles. The van der Waals surface area contributed by atoms with Crippen molar-refractivity contribution in [3.63, 3.8) is 0 Å². The number of amides is 1. The van der Waals surface area contributed by atoms with Gasteiger partial charge in [-0.1, -0.05) is 6.92 Å². The quantitative estimate of drug-likeness (QED) is 0.920. The molecule has 0 bridgehead atoms. The summed E-state index contributed by atoms with van der Waals surface area (Å²) in [4.78, 5) is 13.8. The highest BCUT2D eigenvalue weighted by atomic mass is 35.5. The van der Waals surface area contributed by atoms with Gasteiger partial charge in [-0.05, 0) is 30.7 Å². The van der Waals surface area contributed by atoms with Crippen molar-refractivity contribution in [2.75, 3.05) is 13.1 Å². The second-order valence-corrected chi connectivity index (χ2v) is 5.29. The fourth-order valence-electron chi connectivity index (χ4n) is 2.40. The normalized spacial score (nSPS) is 16.3. The van der Waals surface area contributed by atoms with E-state index in [2.05, 4.69) is 6.07 Å². The number of nitrogens with two attached hydrogens (primary N) is 1. The van der Waals surface area contributed by atoms with Crippen LogP contribution in [0.5, 0.6) is 5.75 Å². The highest BCUT2D eigenvalue weighted by Gasteiger charge is 2.26. The van der Waals surface area contributed by atoms with Crippen molar-refractivity contribution in [2.45, 2.75) is 38.3 Å². The van der Waals surface area contributed by atoms with Crippen molar-refractivity contribution in [1.82, 2.24) is 4.90 Å². The second kappa shape index (κ2) is 8.62. The maximum absolute atomic E-state index is 12.0. The highest BCUT2D eigenvalue weighted by Crippen LogP contribution is 2.20. The standard InChI is InChI=1S/C16H21N3O2.ClH/c1-2-15(18)16(20)19-9-7-14(8-10-19)21-13-5-3-12(11-17)4-6-13;/h3-6,14-15H,2,7-10,18H2,1H3;1H/t15-;/m0./s1. The summed E-state index contributed by atoms with van der Waals surface area (Å²) in [7, 11) is 0. The number of benzene rings is 1. The average Bonchev–Trinajstić information content (AvgIpc) is 2.55. The lowest BCUT2D eigenvalue weighted by Gasteiger charge is -2.33. The zero-order chi connectivity index (χ0) is 15.2. The predicted molar refractivity (Wildman–Crippen MR) is 86.9 cm³/mol. The Balaban J connectivity index is 0.00000242. The third-order valence-corrected chi connectivity index (χ3v) is 3.80. The molecule has 1 saturated heterocycles. The summed E-state index contributed by atoms with van der Waals surface area (Å²) in [6.45, 7) is 3.30. The third-order valence-electron chi connectivity index (χ3n) is 3.80. The van der Waals surface area contributed by atoms with E-state index < -0.39 is 0 Å². The lowest BCUT2D eigenvalue weighted by Crippen LogP contribution is -2.48. The van der Waals surface area contributed by atoms with Gasteiger partial charge in [0.2, 0.25) is 5.91 Å². The number of likely N-dealkylation sites (tertiary alicyclic amines) is 1. The highest BCUT2D eigenvalue weighted by molar-refractivity contribution is 5.85. The van der Waals surface area contributed by atoms with Gasteiger partial charge in [-0.2, -0.15) is 5.26 Å². The zero-order valence-corrected chi connectivity index (χ0v) is 13.5. The molecule has 1 aliphatic heterocycles. The molecule has 1 fully saturated rings. The van der Waals surface area contributed by atoms with Crippen molar-refractivity contribution in [1.29, 1.82) is 5.26 Å². The first-order valence-electron chi connectivity index (χ1n) is 7.35. The largest absolute Gasteiger partial charge is 0.490 e. The molecule has 120 valence electrons. The molecule has 1 aliphatic rings. The SMILES string of the molecule is CC[C@H](N)C(=O)N1CCC(Oc2ccc(C#N)cc2)CC1.Cl. The first-order chi connectivity index (χ1) is 10.1. The van der Waals surface area contributed by atoms with Gasteiger partial charge in [-0.15, -0.1) is 12.4 Å². The first kappa shape index (κ1) is 18.3. The van der Waals surface area contributed by atoms with E-state index in [1.165, 1.54) is 0 Å². The molecule has 1 atom stereocenters. The van der Waals surface area contributed by atoms with Crippen LogP contribution in [0.3, 0.4) is 0 Å². The minimum Gasteiger partial charge on any atom is -0.490 e. The van der Waals surface area contributed by atoms with Gasteiger partial charge in [0.1, 0.15) is 11.9 Å². The number of nitriles is 1. The number of nitrogens with zero attached hydrogens (tertiary/aromatic N) is 2. The molecule has 22 heavy (non-hydrogen) atoms. The van der Waals surface area contributed by atoms with Gasteiger partial charge in [0.15, 0.2) is 0 Å². The minimum atomic E-state index is -0.388. The summed E-state index contributed by atoms with van der Waals surface area (Å²) in [6, 6.07) is 8.80. The number of piperidine rings is 1. The topological polar surface area (TPSA) is 79.3 Å². The monoisotopic (exact) mass is 323 g/mol. The Kier molecular flexibility index (Phi) is 7.16. The summed E-state index contributed by atoms with van der Waals surface area (Å²) in [6.07, 6.45) is 2.39. The summed E-state index contributed by atoms with van der Waals surface area (Å²) in [5.41, 5.74) is 6.41. The smallest absolute Gasteiger partial charge is 0.239 e. The van der Waals surface area contributed by atoms with Crippen molar-refractivity contribution in [2.24, 2.45) is 5.73 Å². The van der Waals surface area contributed by atoms with Crippen LogP contribution in [-0.2, 0) is 4.79 Å². The van der Waals surface area contributed by atoms with Crippen LogP contribution in [0.25, 0.3) is 0 Å². The Bertz CT molecular complexity index is 519. The third kappa shape index (κ3) is 4.62. The van der Waals surface area contributed by atoms with E-state index in [0.29, 0.717) is 25.1 Å². The van der Waals surface area contributed by atoms with E-state index >= 15 is 0 Å². The molecule has 2 N–H and O–H groups in total. The van der Waals surface area contributed by atoms with E-state index in [9.17, 15) is 4.79 Å². The van der Waals surface area contributed by atoms with Crippen LogP contribution in [0.1, 0.15) is 31.7 Å². The number of halogens is 1. The molecule has 1 amide bonds. The van der Waals surface area contributed by atoms with Crippen molar-refractivity contribution in [3.8, 4) is 11.8 Å². The zero-order valence-electron chi connectivity index (χ0n) is 12.7. The molecule has 1 aromatic rings. The number of ether oxygens (including phenoxy) is 1. The van der Waals surface area contributed by atoms with Gasteiger partial charge < -0.3 is 15.4 Å². The Morgan fingerprint density at radius 2 is 2.00 bits per heavy atom. The molecule has 0 saturated carbocycles. The average molecular weight is 324 g/mol. The van der Waals surface area contributed by atoms with E-state index in [4.69, 9.17) is 15.7 Å². The fourth-order valence-corrected chi connectivity index (χ4v) is 2.40. The molecule has 0 aliphatic carbocycles. The van der Waals surface area contributed by atoms with Gasteiger partial charge in [-0.25, -0.2) is 0 Å². The van der Waals surface area contributed by atoms with E-state index in [1.54, 1.807) is 12.1 Å². The van der Waals surface area contributed by atoms with Crippen LogP contribution in [0.4, 0.5) is 0 Å². The van der Waals surface area contributed by atoms with Crippen LogP contribution in [-0.4, -0.2) is 36.0 Å². The van der Waals surface area contributed by atoms with Gasteiger partial charge in [0, 0.05) is 25.9 Å². The molecule has 2 rings (SSSR count). The fraction of sp³-hybridized carbons (Fsp3) is 0.500. The predicted octanol–water partition coefficient (Wildman–Crippen LogP) is 2.09. The van der Waals surface area contributed by atoms with Crippen LogP contribution in [0.2, 0.25) is 0 Å². The summed E-state index contributed by atoms with van der Waals surface area (Å²) < 4.78 is 5.89. The van der Waals surface area contributed by atoms with E-state index in [1.807, 2.05) is 24.0 Å². The van der Waals surface area contributed by atoms with Crippen molar-refractivity contribution >= 4 is 18.3 Å². The first-order valence-corrected chi connectivity index (χ1v) is 7.35. The van der Waals surface area contributed by atoms with Crippen LogP contribution in [0.15, 0.2) is 24.3 Å². The minimum absolute atomic E-state index is 0. The van der Waals surface area contributed by atoms with E-state index in [0.717, 1.165) is 18.6 Å². The maximum atomic E-state index is 12.0. The summed E-state index contributed by atoms with van der Waals surface area (Å²) in [5, 5.41) is 8.76. The summed E-state index contributed by atoms with van der Waals surface area (Å²) in [5.74, 6) is 0.804. The number of carbonyl (C=O) groups is 1. The van der Waals surface area contributed by atoms with Crippen LogP contribution < -0.4 is 10.5 Å². The van der Waals surface area contributed by atoms with Gasteiger partial charge in [0.25, 0.3) is 0 Å². The molecule has 5 nitrogen and oxygen atoms in total. The van der Waals surface area contributed by atoms with Gasteiger partial charge in [-0.3, -0.25) is 4.79 Å². The number of hydrogen-bond donors (Lipinski definition) is 1. The molecule has 0 unspecified atom stereocenters. The van der Waals surface area contributed by atoms with E-state index in [-0.39, 0.29) is 30.5 Å². The Morgan fingerprint density at radius 1 is 1.41 bits per heavy atom. The Hall–Kier alpha value is -1.77. The van der Waals surface area contributed by atoms with Crippen LogP contribution >= 0.6 is 12.4 Å². The number of rotatable bonds is 4. The molecular weight excluding hydrogens is 302 g/mol. The maximum Gasteiger partial charge on any atom is 0.239 e. The van der Waals surface area contributed by atoms with Crippen molar-refractivity contribution in [3.05, 3.63) is 29.8 Å². The molecule has 0 spiro atoms. The van der Waals surface area contributed by atoms with Crippen molar-refractivity contribution < 1.29 is 9.53 Å². The Morgan fingerprint density at radius 3 is 2.50 bits per heavy atom. The second-order valence-electron chi connectivity index (χ2n) is 5.29. The number of carbonyl (C=O) groups excluding carboxylic acids is 1. The molecule has 1 aromatic carbocycles. The molecule has 6 heteroatoms. The van der Waals surface area contributed by atoms with Crippen LogP contribution in [0, 0.1) is 11.3 Å². The number of hydrogen-bond acceptors (Lipinski definition) is 4. The van der Waals surface area contributed by atoms with Gasteiger partial charge in [0.05, 0.1) is 17.7 Å². The van der Waals surface area contributed by atoms with Gasteiger partial charge >= 0.3 is 0 Å². The lowest BCUT2D eigenvalue weighted by atomic mass is 10.1. The summed E-state index contributed by atoms with van der Waals surface area (Å²) >= 11 is 0. The lowest BCUT2D eigenvalue weighted by molar-refractivity contribution is -0.134. The molecule has 1 heterocycles. The molecular formula is C16H22ClN3O2. The molecule has 0 radical (unpaired) electrons. The Labute approximate surface area is 137 Å².